The van der Waals surface area contributed by atoms with Crippen LogP contribution in [-0.2, 0) is 4.74 Å². The van der Waals surface area contributed by atoms with Gasteiger partial charge in [-0.1, -0.05) is 0 Å². The normalized spacial score (nSPS) is 10.2. The smallest absolute Gasteiger partial charge is 0.286 e. The highest BCUT2D eigenvalue weighted by Crippen LogP contribution is 2.36. The lowest BCUT2D eigenvalue weighted by molar-refractivity contribution is -0.385. The molecule has 0 unspecified atom stereocenters. The molecule has 0 bridgehead atoms. The minimum atomic E-state index is -0.689. The Morgan fingerprint density at radius 1 is 0.931 bits per heavy atom. The third-order valence-electron chi connectivity index (χ3n) is 3.91. The first-order valence-electron chi connectivity index (χ1n) is 8.46. The average molecular weight is 406 g/mol. The number of rotatable bonds is 10. The zero-order chi connectivity index (χ0) is 21.4. The van der Waals surface area contributed by atoms with Crippen molar-refractivity contribution >= 4 is 17.3 Å². The second-order valence-electron chi connectivity index (χ2n) is 5.64. The van der Waals surface area contributed by atoms with Gasteiger partial charge >= 0.3 is 0 Å². The van der Waals surface area contributed by atoms with Gasteiger partial charge in [0.15, 0.2) is 23.0 Å². The predicted molar refractivity (Wildman–Crippen MR) is 105 cm³/mol. The van der Waals surface area contributed by atoms with Gasteiger partial charge in [0.2, 0.25) is 0 Å². The maximum Gasteiger partial charge on any atom is 0.286 e. The molecule has 0 radical (unpaired) electrons. The second kappa shape index (κ2) is 10.1. The van der Waals surface area contributed by atoms with Crippen LogP contribution in [0.5, 0.6) is 23.0 Å². The summed E-state index contributed by atoms with van der Waals surface area (Å²) in [5.41, 5.74) is -0.224. The first kappa shape index (κ1) is 21.8. The first-order valence-corrected chi connectivity index (χ1v) is 8.46. The Bertz CT molecular complexity index is 885. The quantitative estimate of drug-likeness (QED) is 0.363. The number of hydrogen-bond donors (Lipinski definition) is 1. The third kappa shape index (κ3) is 5.26. The van der Waals surface area contributed by atoms with Gasteiger partial charge in [-0.3, -0.25) is 14.9 Å². The minimum Gasteiger partial charge on any atom is -0.493 e. The highest BCUT2D eigenvalue weighted by Gasteiger charge is 2.25. The maximum atomic E-state index is 12.7. The number of carbonyl (C=O) groups is 1. The molecule has 0 spiro atoms. The van der Waals surface area contributed by atoms with E-state index in [2.05, 4.69) is 5.32 Å². The van der Waals surface area contributed by atoms with Crippen LogP contribution in [0, 0.1) is 10.1 Å². The summed E-state index contributed by atoms with van der Waals surface area (Å²) < 4.78 is 25.9. The average Bonchev–Trinajstić information content (AvgIpc) is 2.73. The molecule has 0 aliphatic rings. The van der Waals surface area contributed by atoms with Crippen LogP contribution in [0.15, 0.2) is 30.3 Å². The molecule has 1 N–H and O–H groups in total. The fourth-order valence-corrected chi connectivity index (χ4v) is 2.50. The molecular weight excluding hydrogens is 384 g/mol. The Morgan fingerprint density at radius 2 is 1.59 bits per heavy atom. The van der Waals surface area contributed by atoms with E-state index in [1.807, 2.05) is 0 Å². The molecule has 10 nitrogen and oxygen atoms in total. The van der Waals surface area contributed by atoms with Crippen molar-refractivity contribution in [3.05, 3.63) is 46.0 Å². The Kier molecular flexibility index (Phi) is 7.61. The highest BCUT2D eigenvalue weighted by atomic mass is 16.6. The molecule has 0 atom stereocenters. The molecule has 0 saturated heterocycles. The van der Waals surface area contributed by atoms with Crippen LogP contribution in [0.25, 0.3) is 0 Å². The molecule has 156 valence electrons. The Balaban J connectivity index is 2.36. The molecule has 29 heavy (non-hydrogen) atoms. The van der Waals surface area contributed by atoms with E-state index in [1.54, 1.807) is 18.2 Å². The zero-order valence-corrected chi connectivity index (χ0v) is 16.5. The number of ether oxygens (including phenoxy) is 5. The monoisotopic (exact) mass is 406 g/mol. The summed E-state index contributed by atoms with van der Waals surface area (Å²) in [5, 5.41) is 14.1. The van der Waals surface area contributed by atoms with Crippen molar-refractivity contribution in [3.63, 3.8) is 0 Å². The van der Waals surface area contributed by atoms with E-state index in [4.69, 9.17) is 23.7 Å². The van der Waals surface area contributed by atoms with Gasteiger partial charge in [-0.15, -0.1) is 0 Å². The van der Waals surface area contributed by atoms with Gasteiger partial charge in [-0.05, 0) is 12.1 Å². The van der Waals surface area contributed by atoms with Crippen molar-refractivity contribution in [2.24, 2.45) is 0 Å². The number of nitrogens with one attached hydrogen (secondary N) is 1. The number of nitro benzene ring substituents is 1. The van der Waals surface area contributed by atoms with E-state index in [9.17, 15) is 14.9 Å². The number of nitro groups is 1. The summed E-state index contributed by atoms with van der Waals surface area (Å²) in [5.74, 6) is 0.517. The van der Waals surface area contributed by atoms with Crippen LogP contribution < -0.4 is 24.3 Å². The largest absolute Gasteiger partial charge is 0.493 e. The molecule has 0 heterocycles. The predicted octanol–water partition coefficient (Wildman–Crippen LogP) is 2.90. The van der Waals surface area contributed by atoms with Crippen molar-refractivity contribution in [1.82, 2.24) is 0 Å². The molecule has 2 rings (SSSR count). The van der Waals surface area contributed by atoms with Gasteiger partial charge in [0, 0.05) is 24.9 Å². The molecule has 0 aliphatic heterocycles. The van der Waals surface area contributed by atoms with E-state index in [0.717, 1.165) is 6.07 Å². The third-order valence-corrected chi connectivity index (χ3v) is 3.91. The molecule has 0 fully saturated rings. The number of amides is 1. The second-order valence-corrected chi connectivity index (χ2v) is 5.64. The number of carbonyl (C=O) groups excluding carboxylic acids is 1. The van der Waals surface area contributed by atoms with Crippen molar-refractivity contribution in [2.45, 2.75) is 0 Å². The van der Waals surface area contributed by atoms with Crippen LogP contribution in [0.4, 0.5) is 11.4 Å². The Labute approximate surface area is 167 Å². The number of nitrogens with zero attached hydrogens (tertiary/aromatic N) is 1. The number of hydrogen-bond acceptors (Lipinski definition) is 8. The van der Waals surface area contributed by atoms with E-state index in [0.29, 0.717) is 23.8 Å². The fourth-order valence-electron chi connectivity index (χ4n) is 2.50. The minimum absolute atomic E-state index is 0.138. The van der Waals surface area contributed by atoms with Crippen LogP contribution in [-0.4, -0.2) is 52.5 Å². The number of methoxy groups -OCH3 is 4. The first-order chi connectivity index (χ1) is 13.9. The van der Waals surface area contributed by atoms with Crippen molar-refractivity contribution < 1.29 is 33.4 Å². The highest BCUT2D eigenvalue weighted by molar-refractivity contribution is 6.07. The van der Waals surface area contributed by atoms with Gasteiger partial charge in [0.25, 0.3) is 11.6 Å². The van der Waals surface area contributed by atoms with E-state index < -0.39 is 16.5 Å². The van der Waals surface area contributed by atoms with Crippen LogP contribution >= 0.6 is 0 Å². The molecular formula is C19H22N2O8. The van der Waals surface area contributed by atoms with Gasteiger partial charge in [-0.2, -0.15) is 0 Å². The van der Waals surface area contributed by atoms with E-state index in [1.165, 1.54) is 34.5 Å². The molecule has 2 aromatic carbocycles. The van der Waals surface area contributed by atoms with Gasteiger partial charge in [0.1, 0.15) is 12.2 Å². The summed E-state index contributed by atoms with van der Waals surface area (Å²) in [7, 11) is 5.83. The lowest BCUT2D eigenvalue weighted by Gasteiger charge is -2.13. The summed E-state index contributed by atoms with van der Waals surface area (Å²) in [6.07, 6.45) is 0. The molecule has 0 aliphatic carbocycles. The molecule has 2 aromatic rings. The lowest BCUT2D eigenvalue weighted by Crippen LogP contribution is -2.15. The van der Waals surface area contributed by atoms with Crippen LogP contribution in [0.1, 0.15) is 10.4 Å². The Hall–Kier alpha value is -3.53. The topological polar surface area (TPSA) is 118 Å². The van der Waals surface area contributed by atoms with Crippen LogP contribution in [0.2, 0.25) is 0 Å². The van der Waals surface area contributed by atoms with Gasteiger partial charge in [-0.25, -0.2) is 0 Å². The summed E-state index contributed by atoms with van der Waals surface area (Å²) in [6, 6.07) is 7.15. The summed E-state index contributed by atoms with van der Waals surface area (Å²) in [4.78, 5) is 23.6. The molecule has 1 amide bonds. The summed E-state index contributed by atoms with van der Waals surface area (Å²) in [6.45, 7) is 0.458. The number of benzene rings is 2. The van der Waals surface area contributed by atoms with E-state index >= 15 is 0 Å². The molecule has 10 heteroatoms. The van der Waals surface area contributed by atoms with Gasteiger partial charge < -0.3 is 29.0 Å². The lowest BCUT2D eigenvalue weighted by atomic mass is 10.1. The van der Waals surface area contributed by atoms with E-state index in [-0.39, 0.29) is 23.7 Å². The van der Waals surface area contributed by atoms with Crippen molar-refractivity contribution in [1.29, 1.82) is 0 Å². The molecule has 0 saturated carbocycles. The van der Waals surface area contributed by atoms with Gasteiger partial charge in [0.05, 0.1) is 38.9 Å². The van der Waals surface area contributed by atoms with Crippen molar-refractivity contribution in [2.75, 3.05) is 47.0 Å². The Morgan fingerprint density at radius 3 is 2.17 bits per heavy atom. The fraction of sp³-hybridized carbons (Fsp3) is 0.316. The van der Waals surface area contributed by atoms with Crippen LogP contribution in [0.3, 0.4) is 0 Å². The maximum absolute atomic E-state index is 12.7. The summed E-state index contributed by atoms with van der Waals surface area (Å²) >= 11 is 0. The van der Waals surface area contributed by atoms with Crippen molar-refractivity contribution in [3.8, 4) is 23.0 Å². The number of anilines is 1. The zero-order valence-electron chi connectivity index (χ0n) is 16.5. The standard InChI is InChI=1S/C19H22N2O8/c1-25-7-8-29-18-11-14(21(23)24)13(10-17(18)28-4)19(22)20-12-5-6-15(26-2)16(9-12)27-3/h5-6,9-11H,7-8H2,1-4H3,(H,20,22). The SMILES string of the molecule is COCCOc1cc([N+](=O)[O-])c(C(=O)Nc2ccc(OC)c(OC)c2)cc1OC. The molecule has 0 aromatic heterocycles.